The second-order valence-electron chi connectivity index (χ2n) is 5.11. The second kappa shape index (κ2) is 5.29. The van der Waals surface area contributed by atoms with Crippen LogP contribution < -0.4 is 9.64 Å². The quantitative estimate of drug-likeness (QED) is 0.741. The van der Waals surface area contributed by atoms with Crippen molar-refractivity contribution in [1.82, 2.24) is 15.0 Å². The molecule has 0 aliphatic carbocycles. The van der Waals surface area contributed by atoms with Crippen molar-refractivity contribution in [2.24, 2.45) is 5.92 Å². The van der Waals surface area contributed by atoms with E-state index in [4.69, 9.17) is 4.74 Å². The first kappa shape index (κ1) is 12.5. The van der Waals surface area contributed by atoms with E-state index in [9.17, 15) is 0 Å². The van der Waals surface area contributed by atoms with Gasteiger partial charge in [-0.05, 0) is 18.2 Å². The SMILES string of the molecule is c1cncc(OCC2CN(c3nc4cnccc4s3)C2)c1. The van der Waals surface area contributed by atoms with Gasteiger partial charge in [-0.2, -0.15) is 0 Å². The number of thiazole rings is 1. The molecule has 0 N–H and O–H groups in total. The van der Waals surface area contributed by atoms with Crippen LogP contribution in [0.3, 0.4) is 0 Å². The van der Waals surface area contributed by atoms with Crippen LogP contribution >= 0.6 is 11.3 Å². The first-order valence-corrected chi connectivity index (χ1v) is 7.68. The smallest absolute Gasteiger partial charge is 0.186 e. The van der Waals surface area contributed by atoms with E-state index in [1.807, 2.05) is 30.6 Å². The third-order valence-corrected chi connectivity index (χ3v) is 4.62. The lowest BCUT2D eigenvalue weighted by Gasteiger charge is -2.38. The van der Waals surface area contributed by atoms with E-state index < -0.39 is 0 Å². The number of nitrogens with zero attached hydrogens (tertiary/aromatic N) is 4. The predicted molar refractivity (Wildman–Crippen MR) is 82.9 cm³/mol. The molecule has 0 aromatic carbocycles. The molecular formula is C15H14N4OS. The van der Waals surface area contributed by atoms with E-state index in [1.165, 1.54) is 4.70 Å². The van der Waals surface area contributed by atoms with Gasteiger partial charge in [-0.3, -0.25) is 9.97 Å². The Balaban J connectivity index is 1.34. The Morgan fingerprint density at radius 3 is 2.90 bits per heavy atom. The standard InChI is InChI=1S/C15H14N4OS/c1-2-12(6-16-4-1)20-10-11-8-19(9-11)15-18-13-7-17-5-3-14(13)21-15/h1-7,11H,8-10H2. The van der Waals surface area contributed by atoms with Gasteiger partial charge in [0.2, 0.25) is 0 Å². The number of hydrogen-bond donors (Lipinski definition) is 0. The molecule has 1 aliphatic heterocycles. The van der Waals surface area contributed by atoms with Crippen LogP contribution in [0.25, 0.3) is 10.2 Å². The van der Waals surface area contributed by atoms with E-state index >= 15 is 0 Å². The predicted octanol–water partition coefficient (Wildman–Crippen LogP) is 2.60. The summed E-state index contributed by atoms with van der Waals surface area (Å²) in [5.41, 5.74) is 0.979. The van der Waals surface area contributed by atoms with Gasteiger partial charge in [0.1, 0.15) is 11.3 Å². The molecule has 3 aromatic rings. The van der Waals surface area contributed by atoms with Gasteiger partial charge < -0.3 is 9.64 Å². The summed E-state index contributed by atoms with van der Waals surface area (Å²) in [5.74, 6) is 1.39. The molecule has 0 amide bonds. The van der Waals surface area contributed by atoms with E-state index in [2.05, 4.69) is 19.9 Å². The van der Waals surface area contributed by atoms with Gasteiger partial charge in [-0.1, -0.05) is 11.3 Å². The van der Waals surface area contributed by atoms with Crippen LogP contribution in [-0.2, 0) is 0 Å². The van der Waals surface area contributed by atoms with Crippen molar-refractivity contribution < 1.29 is 4.74 Å². The van der Waals surface area contributed by atoms with Crippen molar-refractivity contribution in [2.45, 2.75) is 0 Å². The molecule has 0 spiro atoms. The summed E-state index contributed by atoms with van der Waals surface area (Å²) in [4.78, 5) is 15.1. The topological polar surface area (TPSA) is 51.1 Å². The summed E-state index contributed by atoms with van der Waals surface area (Å²) in [5, 5.41) is 1.08. The van der Waals surface area contributed by atoms with Crippen LogP contribution in [0.15, 0.2) is 43.0 Å². The summed E-state index contributed by atoms with van der Waals surface area (Å²) < 4.78 is 6.93. The Hall–Kier alpha value is -2.21. The zero-order valence-electron chi connectivity index (χ0n) is 11.3. The lowest BCUT2D eigenvalue weighted by Crippen LogP contribution is -2.49. The monoisotopic (exact) mass is 298 g/mol. The van der Waals surface area contributed by atoms with E-state index in [0.717, 1.165) is 36.1 Å². The summed E-state index contributed by atoms with van der Waals surface area (Å²) in [6.45, 7) is 2.72. The lowest BCUT2D eigenvalue weighted by molar-refractivity contribution is 0.220. The highest BCUT2D eigenvalue weighted by Gasteiger charge is 2.29. The minimum absolute atomic E-state index is 0.551. The van der Waals surface area contributed by atoms with E-state index in [0.29, 0.717) is 5.92 Å². The summed E-state index contributed by atoms with van der Waals surface area (Å²) in [6, 6.07) is 5.83. The van der Waals surface area contributed by atoms with Gasteiger partial charge in [0.25, 0.3) is 0 Å². The van der Waals surface area contributed by atoms with Gasteiger partial charge in [-0.25, -0.2) is 4.98 Å². The summed E-state index contributed by atoms with van der Waals surface area (Å²) >= 11 is 1.72. The molecule has 5 nitrogen and oxygen atoms in total. The first-order chi connectivity index (χ1) is 10.4. The van der Waals surface area contributed by atoms with Gasteiger partial charge in [-0.15, -0.1) is 0 Å². The largest absolute Gasteiger partial charge is 0.492 e. The number of rotatable bonds is 4. The minimum Gasteiger partial charge on any atom is -0.492 e. The molecule has 6 heteroatoms. The van der Waals surface area contributed by atoms with Crippen molar-refractivity contribution in [3.05, 3.63) is 43.0 Å². The molecule has 21 heavy (non-hydrogen) atoms. The lowest BCUT2D eigenvalue weighted by atomic mass is 10.0. The fourth-order valence-corrected chi connectivity index (χ4v) is 3.33. The average Bonchev–Trinajstić information content (AvgIpc) is 2.90. The highest BCUT2D eigenvalue weighted by molar-refractivity contribution is 7.22. The Labute approximate surface area is 126 Å². The number of fused-ring (bicyclic) bond motifs is 1. The molecule has 1 aliphatic rings. The maximum absolute atomic E-state index is 5.74. The van der Waals surface area contributed by atoms with Crippen molar-refractivity contribution in [3.8, 4) is 5.75 Å². The average molecular weight is 298 g/mol. The van der Waals surface area contributed by atoms with Crippen molar-refractivity contribution in [1.29, 1.82) is 0 Å². The highest BCUT2D eigenvalue weighted by Crippen LogP contribution is 2.32. The normalized spacial score (nSPS) is 15.1. The highest BCUT2D eigenvalue weighted by atomic mass is 32.1. The van der Waals surface area contributed by atoms with Crippen molar-refractivity contribution >= 4 is 26.7 Å². The number of aromatic nitrogens is 3. The van der Waals surface area contributed by atoms with Gasteiger partial charge in [0.05, 0.1) is 23.7 Å². The molecule has 0 unspecified atom stereocenters. The van der Waals surface area contributed by atoms with Crippen LogP contribution in [0.1, 0.15) is 0 Å². The number of anilines is 1. The number of ether oxygens (including phenoxy) is 1. The Morgan fingerprint density at radius 2 is 2.10 bits per heavy atom. The molecule has 1 saturated heterocycles. The molecule has 4 heterocycles. The van der Waals surface area contributed by atoms with Crippen LogP contribution in [0.5, 0.6) is 5.75 Å². The first-order valence-electron chi connectivity index (χ1n) is 6.87. The maximum Gasteiger partial charge on any atom is 0.186 e. The van der Waals surface area contributed by atoms with Gasteiger partial charge >= 0.3 is 0 Å². The van der Waals surface area contributed by atoms with Crippen LogP contribution in [0, 0.1) is 5.92 Å². The summed E-state index contributed by atoms with van der Waals surface area (Å²) in [7, 11) is 0. The third kappa shape index (κ3) is 2.54. The second-order valence-corrected chi connectivity index (χ2v) is 6.12. The molecule has 0 saturated carbocycles. The Kier molecular flexibility index (Phi) is 3.16. The fraction of sp³-hybridized carbons (Fsp3) is 0.267. The molecule has 3 aromatic heterocycles. The molecule has 1 fully saturated rings. The van der Waals surface area contributed by atoms with Crippen LogP contribution in [0.4, 0.5) is 5.13 Å². The van der Waals surface area contributed by atoms with Crippen molar-refractivity contribution in [2.75, 3.05) is 24.6 Å². The molecule has 0 bridgehead atoms. The molecule has 4 rings (SSSR count). The van der Waals surface area contributed by atoms with Crippen molar-refractivity contribution in [3.63, 3.8) is 0 Å². The Morgan fingerprint density at radius 1 is 1.19 bits per heavy atom. The molecule has 106 valence electrons. The van der Waals surface area contributed by atoms with E-state index in [-0.39, 0.29) is 0 Å². The molecular weight excluding hydrogens is 284 g/mol. The van der Waals surface area contributed by atoms with Crippen LogP contribution in [-0.4, -0.2) is 34.6 Å². The zero-order chi connectivity index (χ0) is 14.1. The molecule has 0 radical (unpaired) electrons. The fourth-order valence-electron chi connectivity index (χ4n) is 2.38. The number of hydrogen-bond acceptors (Lipinski definition) is 6. The number of pyridine rings is 2. The Bertz CT molecular complexity index is 707. The van der Waals surface area contributed by atoms with E-state index in [1.54, 1.807) is 23.7 Å². The van der Waals surface area contributed by atoms with Gasteiger partial charge in [0, 0.05) is 31.4 Å². The maximum atomic E-state index is 5.74. The zero-order valence-corrected chi connectivity index (χ0v) is 12.2. The van der Waals surface area contributed by atoms with Gasteiger partial charge in [0.15, 0.2) is 5.13 Å². The molecule has 0 atom stereocenters. The van der Waals surface area contributed by atoms with Crippen LogP contribution in [0.2, 0.25) is 0 Å². The summed E-state index contributed by atoms with van der Waals surface area (Å²) in [6.07, 6.45) is 7.12. The minimum atomic E-state index is 0.551. The third-order valence-electron chi connectivity index (χ3n) is 3.53.